The Balaban J connectivity index is 0.00000112. The van der Waals surface area contributed by atoms with Crippen molar-refractivity contribution in [2.75, 3.05) is 6.54 Å². The standard InChI is InChI=1S/C12H11NO.ClH/c13-8-12(14)11-7-3-5-9-4-1-2-6-10(9)11;/h1-7H,8,13H2;1H. The fourth-order valence-electron chi connectivity index (χ4n) is 1.58. The van der Waals surface area contributed by atoms with Crippen LogP contribution in [0.25, 0.3) is 10.8 Å². The van der Waals surface area contributed by atoms with Gasteiger partial charge in [0.25, 0.3) is 0 Å². The molecule has 2 N–H and O–H groups in total. The van der Waals surface area contributed by atoms with Crippen LogP contribution in [0.2, 0.25) is 0 Å². The number of halogens is 1. The van der Waals surface area contributed by atoms with Crippen molar-refractivity contribution in [3.05, 3.63) is 48.0 Å². The minimum atomic E-state index is -0.0122. The lowest BCUT2D eigenvalue weighted by Gasteiger charge is -2.03. The van der Waals surface area contributed by atoms with Crippen LogP contribution in [0, 0.1) is 0 Å². The highest BCUT2D eigenvalue weighted by Crippen LogP contribution is 2.18. The number of benzene rings is 2. The SMILES string of the molecule is Cl.NCC(=O)c1cccc2ccccc12. The lowest BCUT2D eigenvalue weighted by atomic mass is 10.0. The molecule has 0 radical (unpaired) electrons. The van der Waals surface area contributed by atoms with E-state index < -0.39 is 0 Å². The molecule has 0 amide bonds. The zero-order valence-corrected chi connectivity index (χ0v) is 8.96. The van der Waals surface area contributed by atoms with Gasteiger partial charge in [-0.3, -0.25) is 4.79 Å². The largest absolute Gasteiger partial charge is 0.324 e. The van der Waals surface area contributed by atoms with E-state index in [1.807, 2.05) is 42.5 Å². The second kappa shape index (κ2) is 4.91. The highest BCUT2D eigenvalue weighted by Gasteiger charge is 2.06. The molecular weight excluding hydrogens is 210 g/mol. The number of Topliss-reactive ketones (excluding diaryl/α,β-unsaturated/α-hetero) is 1. The molecule has 78 valence electrons. The third kappa shape index (κ3) is 2.17. The number of carbonyl (C=O) groups is 1. The minimum absolute atomic E-state index is 0. The van der Waals surface area contributed by atoms with Gasteiger partial charge in [0.2, 0.25) is 0 Å². The van der Waals surface area contributed by atoms with Gasteiger partial charge in [-0.05, 0) is 10.8 Å². The van der Waals surface area contributed by atoms with Crippen LogP contribution in [0.15, 0.2) is 42.5 Å². The first-order valence-corrected chi connectivity index (χ1v) is 4.54. The van der Waals surface area contributed by atoms with Crippen LogP contribution < -0.4 is 5.73 Å². The van der Waals surface area contributed by atoms with Crippen molar-refractivity contribution < 1.29 is 4.79 Å². The summed E-state index contributed by atoms with van der Waals surface area (Å²) in [4.78, 5) is 11.5. The summed E-state index contributed by atoms with van der Waals surface area (Å²) in [5.41, 5.74) is 6.06. The number of nitrogens with two attached hydrogens (primary N) is 1. The second-order valence-electron chi connectivity index (χ2n) is 3.15. The third-order valence-electron chi connectivity index (χ3n) is 2.28. The molecular formula is C12H12ClNO. The van der Waals surface area contributed by atoms with E-state index in [9.17, 15) is 4.79 Å². The summed E-state index contributed by atoms with van der Waals surface area (Å²) in [6, 6.07) is 13.5. The Kier molecular flexibility index (Phi) is 3.83. The van der Waals surface area contributed by atoms with Crippen molar-refractivity contribution in [1.29, 1.82) is 0 Å². The second-order valence-corrected chi connectivity index (χ2v) is 3.15. The van der Waals surface area contributed by atoms with E-state index in [-0.39, 0.29) is 24.7 Å². The smallest absolute Gasteiger partial charge is 0.176 e. The van der Waals surface area contributed by atoms with Crippen LogP contribution in [0.3, 0.4) is 0 Å². The van der Waals surface area contributed by atoms with Gasteiger partial charge < -0.3 is 5.73 Å². The van der Waals surface area contributed by atoms with E-state index in [0.717, 1.165) is 10.8 Å². The van der Waals surface area contributed by atoms with Crippen LogP contribution >= 0.6 is 12.4 Å². The number of ketones is 1. The predicted molar refractivity (Wildman–Crippen MR) is 64.6 cm³/mol. The van der Waals surface area contributed by atoms with Crippen molar-refractivity contribution in [3.8, 4) is 0 Å². The molecule has 2 aromatic rings. The Morgan fingerprint density at radius 2 is 1.73 bits per heavy atom. The molecule has 0 saturated carbocycles. The van der Waals surface area contributed by atoms with Gasteiger partial charge in [-0.1, -0.05) is 42.5 Å². The highest BCUT2D eigenvalue weighted by atomic mass is 35.5. The molecule has 2 aromatic carbocycles. The fraction of sp³-hybridized carbons (Fsp3) is 0.0833. The molecule has 15 heavy (non-hydrogen) atoms. The summed E-state index contributed by atoms with van der Waals surface area (Å²) in [6.07, 6.45) is 0. The van der Waals surface area contributed by atoms with Crippen LogP contribution in [0.1, 0.15) is 10.4 Å². The van der Waals surface area contributed by atoms with Crippen molar-refractivity contribution in [2.45, 2.75) is 0 Å². The number of carbonyl (C=O) groups excluding carboxylic acids is 1. The van der Waals surface area contributed by atoms with Crippen LogP contribution in [-0.4, -0.2) is 12.3 Å². The van der Waals surface area contributed by atoms with Crippen molar-refractivity contribution in [2.24, 2.45) is 5.73 Å². The number of fused-ring (bicyclic) bond motifs is 1. The molecule has 0 spiro atoms. The molecule has 0 atom stereocenters. The third-order valence-corrected chi connectivity index (χ3v) is 2.28. The Morgan fingerprint density at radius 1 is 1.07 bits per heavy atom. The molecule has 0 bridgehead atoms. The van der Waals surface area contributed by atoms with E-state index in [4.69, 9.17) is 5.73 Å². The van der Waals surface area contributed by atoms with Gasteiger partial charge in [-0.2, -0.15) is 0 Å². The topological polar surface area (TPSA) is 43.1 Å². The normalized spacial score (nSPS) is 9.67. The van der Waals surface area contributed by atoms with Crippen LogP contribution in [-0.2, 0) is 0 Å². The molecule has 2 rings (SSSR count). The van der Waals surface area contributed by atoms with E-state index in [0.29, 0.717) is 5.56 Å². The van der Waals surface area contributed by atoms with Crippen molar-refractivity contribution in [3.63, 3.8) is 0 Å². The lowest BCUT2D eigenvalue weighted by molar-refractivity contribution is 0.100. The molecule has 0 aliphatic rings. The summed E-state index contributed by atoms with van der Waals surface area (Å²) in [5.74, 6) is -0.0122. The van der Waals surface area contributed by atoms with Gasteiger partial charge >= 0.3 is 0 Å². The van der Waals surface area contributed by atoms with Gasteiger partial charge in [0, 0.05) is 5.56 Å². The summed E-state index contributed by atoms with van der Waals surface area (Å²) in [7, 11) is 0. The molecule has 0 heterocycles. The Labute approximate surface area is 94.5 Å². The van der Waals surface area contributed by atoms with E-state index >= 15 is 0 Å². The number of hydrogen-bond acceptors (Lipinski definition) is 2. The molecule has 0 aliphatic heterocycles. The number of rotatable bonds is 2. The monoisotopic (exact) mass is 221 g/mol. The molecule has 0 aromatic heterocycles. The molecule has 3 heteroatoms. The Morgan fingerprint density at radius 3 is 2.47 bits per heavy atom. The average Bonchev–Trinajstić information content (AvgIpc) is 2.27. The molecule has 0 saturated heterocycles. The van der Waals surface area contributed by atoms with Crippen LogP contribution in [0.5, 0.6) is 0 Å². The zero-order chi connectivity index (χ0) is 9.97. The fourth-order valence-corrected chi connectivity index (χ4v) is 1.58. The Bertz CT molecular complexity index is 477. The first kappa shape index (κ1) is 11.7. The number of hydrogen-bond donors (Lipinski definition) is 1. The molecule has 0 unspecified atom stereocenters. The van der Waals surface area contributed by atoms with Crippen LogP contribution in [0.4, 0.5) is 0 Å². The van der Waals surface area contributed by atoms with Gasteiger partial charge in [0.15, 0.2) is 5.78 Å². The lowest BCUT2D eigenvalue weighted by Crippen LogP contribution is -2.13. The summed E-state index contributed by atoms with van der Waals surface area (Å²) in [5, 5.41) is 2.05. The van der Waals surface area contributed by atoms with Crippen molar-refractivity contribution >= 4 is 29.0 Å². The predicted octanol–water partition coefficient (Wildman–Crippen LogP) is 2.40. The van der Waals surface area contributed by atoms with Gasteiger partial charge in [-0.15, -0.1) is 12.4 Å². The maximum atomic E-state index is 11.5. The maximum absolute atomic E-state index is 11.5. The minimum Gasteiger partial charge on any atom is -0.324 e. The van der Waals surface area contributed by atoms with E-state index in [2.05, 4.69) is 0 Å². The van der Waals surface area contributed by atoms with Gasteiger partial charge in [-0.25, -0.2) is 0 Å². The highest BCUT2D eigenvalue weighted by molar-refractivity contribution is 6.08. The maximum Gasteiger partial charge on any atom is 0.176 e. The van der Waals surface area contributed by atoms with Gasteiger partial charge in [0.05, 0.1) is 6.54 Å². The molecule has 0 fully saturated rings. The van der Waals surface area contributed by atoms with E-state index in [1.165, 1.54) is 0 Å². The molecule has 2 nitrogen and oxygen atoms in total. The summed E-state index contributed by atoms with van der Waals surface area (Å²) < 4.78 is 0. The van der Waals surface area contributed by atoms with Crippen molar-refractivity contribution in [1.82, 2.24) is 0 Å². The average molecular weight is 222 g/mol. The van der Waals surface area contributed by atoms with E-state index in [1.54, 1.807) is 0 Å². The zero-order valence-electron chi connectivity index (χ0n) is 8.14. The summed E-state index contributed by atoms with van der Waals surface area (Å²) >= 11 is 0. The first-order valence-electron chi connectivity index (χ1n) is 4.54. The quantitative estimate of drug-likeness (QED) is 0.792. The first-order chi connectivity index (χ1) is 6.83. The summed E-state index contributed by atoms with van der Waals surface area (Å²) in [6.45, 7) is 0.0635. The molecule has 0 aliphatic carbocycles. The van der Waals surface area contributed by atoms with Gasteiger partial charge in [0.1, 0.15) is 0 Å². The Hall–Kier alpha value is -1.38.